The number of carbonyl (C=O) groups is 1. The van der Waals surface area contributed by atoms with Gasteiger partial charge >= 0.3 is 5.97 Å². The van der Waals surface area contributed by atoms with Crippen LogP contribution in [0, 0.1) is 12.7 Å². The number of nitrogens with two attached hydrogens (primary N) is 1. The first-order valence-corrected chi connectivity index (χ1v) is 4.29. The van der Waals surface area contributed by atoms with E-state index in [9.17, 15) is 14.3 Å². The van der Waals surface area contributed by atoms with Gasteiger partial charge in [0.25, 0.3) is 0 Å². The van der Waals surface area contributed by atoms with Gasteiger partial charge in [0, 0.05) is 5.56 Å². The van der Waals surface area contributed by atoms with Crippen molar-refractivity contribution in [1.82, 2.24) is 0 Å². The molecule has 16 heavy (non-hydrogen) atoms. The van der Waals surface area contributed by atoms with Gasteiger partial charge in [-0.2, -0.15) is 0 Å². The fourth-order valence-corrected chi connectivity index (χ4v) is 1.25. The number of hydrogen-bond donors (Lipinski definition) is 2. The molecule has 0 fully saturated rings. The Morgan fingerprint density at radius 3 is 2.62 bits per heavy atom. The highest BCUT2D eigenvalue weighted by atomic mass is 35.5. The second-order valence-electron chi connectivity index (χ2n) is 3.19. The highest BCUT2D eigenvalue weighted by Crippen LogP contribution is 2.27. The third kappa shape index (κ3) is 2.84. The number of hydrogen-bond acceptors (Lipinski definition) is 4. The molecule has 0 radical (unpaired) electrons. The molecule has 0 amide bonds. The van der Waals surface area contributed by atoms with Crippen molar-refractivity contribution in [1.29, 1.82) is 0 Å². The van der Waals surface area contributed by atoms with Gasteiger partial charge in [-0.05, 0) is 18.6 Å². The van der Waals surface area contributed by atoms with E-state index in [1.807, 2.05) is 0 Å². The number of rotatable bonds is 2. The van der Waals surface area contributed by atoms with Gasteiger partial charge < -0.3 is 15.6 Å². The van der Waals surface area contributed by atoms with Crippen LogP contribution in [0.25, 0.3) is 0 Å². The summed E-state index contributed by atoms with van der Waals surface area (Å²) in [7, 11) is 1.17. The fraction of sp³-hybridized carbons (Fsp3) is 0.300. The van der Waals surface area contributed by atoms with Crippen molar-refractivity contribution in [2.24, 2.45) is 5.73 Å². The van der Waals surface area contributed by atoms with E-state index in [2.05, 4.69) is 4.74 Å². The Balaban J connectivity index is 0.00000225. The highest BCUT2D eigenvalue weighted by molar-refractivity contribution is 5.85. The van der Waals surface area contributed by atoms with Crippen molar-refractivity contribution in [3.8, 4) is 5.75 Å². The maximum Gasteiger partial charge on any atom is 0.327 e. The first kappa shape index (κ1) is 14.7. The Bertz CT molecular complexity index is 398. The molecule has 0 saturated carbocycles. The number of aryl methyl sites for hydroxylation is 1. The highest BCUT2D eigenvalue weighted by Gasteiger charge is 2.22. The summed E-state index contributed by atoms with van der Waals surface area (Å²) in [5, 5.41) is 9.37. The molecule has 6 heteroatoms. The molecule has 0 unspecified atom stereocenters. The molecule has 0 aliphatic rings. The summed E-state index contributed by atoms with van der Waals surface area (Å²) in [6.07, 6.45) is 0. The molecule has 0 aliphatic carbocycles. The maximum absolute atomic E-state index is 13.1. The molecule has 0 heterocycles. The van der Waals surface area contributed by atoms with E-state index in [0.717, 1.165) is 6.07 Å². The largest absolute Gasteiger partial charge is 0.505 e. The number of carbonyl (C=O) groups excluding carboxylic acids is 1. The normalized spacial score (nSPS) is 11.5. The molecule has 90 valence electrons. The summed E-state index contributed by atoms with van der Waals surface area (Å²) in [6, 6.07) is 1.42. The van der Waals surface area contributed by atoms with Crippen LogP contribution in [-0.4, -0.2) is 18.2 Å². The third-order valence-corrected chi connectivity index (χ3v) is 2.03. The van der Waals surface area contributed by atoms with Crippen molar-refractivity contribution >= 4 is 18.4 Å². The molecule has 4 nitrogen and oxygen atoms in total. The standard InChI is InChI=1S/C10H12FNO3.ClH/c1-5-3-6(8(12)10(14)15-2)9(13)7(11)4-5;/h3-4,8,13H,12H2,1-2H3;1H/t8-;/m1./s1. The van der Waals surface area contributed by atoms with Crippen LogP contribution in [0.3, 0.4) is 0 Å². The van der Waals surface area contributed by atoms with Crippen molar-refractivity contribution in [2.45, 2.75) is 13.0 Å². The van der Waals surface area contributed by atoms with Crippen LogP contribution in [0.15, 0.2) is 12.1 Å². The maximum atomic E-state index is 13.1. The molecule has 0 bridgehead atoms. The van der Waals surface area contributed by atoms with E-state index < -0.39 is 23.6 Å². The smallest absolute Gasteiger partial charge is 0.327 e. The summed E-state index contributed by atoms with van der Waals surface area (Å²) in [4.78, 5) is 11.1. The summed E-state index contributed by atoms with van der Waals surface area (Å²) >= 11 is 0. The zero-order valence-electron chi connectivity index (χ0n) is 8.86. The zero-order valence-corrected chi connectivity index (χ0v) is 9.68. The van der Waals surface area contributed by atoms with Crippen LogP contribution in [0.1, 0.15) is 17.2 Å². The average Bonchev–Trinajstić information content (AvgIpc) is 2.21. The van der Waals surface area contributed by atoms with E-state index >= 15 is 0 Å². The minimum absolute atomic E-state index is 0. The Morgan fingerprint density at radius 1 is 1.56 bits per heavy atom. The second kappa shape index (κ2) is 5.67. The Kier molecular flexibility index (Phi) is 5.20. The molecule has 1 atom stereocenters. The summed E-state index contributed by atoms with van der Waals surface area (Å²) < 4.78 is 17.5. The lowest BCUT2D eigenvalue weighted by Gasteiger charge is -2.12. The number of ether oxygens (including phenoxy) is 1. The number of esters is 1. The Hall–Kier alpha value is -1.33. The van der Waals surface area contributed by atoms with E-state index in [0.29, 0.717) is 5.56 Å². The molecular formula is C10H13ClFNO3. The first-order chi connectivity index (χ1) is 6.97. The van der Waals surface area contributed by atoms with Crippen molar-refractivity contribution in [3.05, 3.63) is 29.1 Å². The van der Waals surface area contributed by atoms with Crippen LogP contribution in [-0.2, 0) is 9.53 Å². The van der Waals surface area contributed by atoms with Crippen LogP contribution < -0.4 is 5.73 Å². The van der Waals surface area contributed by atoms with E-state index in [-0.39, 0.29) is 18.0 Å². The molecule has 1 aromatic carbocycles. The van der Waals surface area contributed by atoms with Crippen LogP contribution in [0.4, 0.5) is 4.39 Å². The van der Waals surface area contributed by atoms with Gasteiger partial charge in [-0.3, -0.25) is 4.79 Å². The van der Waals surface area contributed by atoms with Crippen molar-refractivity contribution < 1.29 is 19.0 Å². The summed E-state index contributed by atoms with van der Waals surface area (Å²) in [6.45, 7) is 1.63. The number of aromatic hydroxyl groups is 1. The Morgan fingerprint density at radius 2 is 2.12 bits per heavy atom. The number of methoxy groups -OCH3 is 1. The van der Waals surface area contributed by atoms with Gasteiger partial charge in [-0.25, -0.2) is 4.39 Å². The van der Waals surface area contributed by atoms with E-state index in [4.69, 9.17) is 5.73 Å². The lowest BCUT2D eigenvalue weighted by Crippen LogP contribution is -2.23. The summed E-state index contributed by atoms with van der Waals surface area (Å²) in [5.74, 6) is -2.14. The lowest BCUT2D eigenvalue weighted by atomic mass is 10.0. The van der Waals surface area contributed by atoms with Crippen LogP contribution in [0.5, 0.6) is 5.75 Å². The Labute approximate surface area is 98.6 Å². The van der Waals surface area contributed by atoms with Gasteiger partial charge in [-0.15, -0.1) is 12.4 Å². The fourth-order valence-electron chi connectivity index (χ4n) is 1.25. The third-order valence-electron chi connectivity index (χ3n) is 2.03. The molecule has 0 aliphatic heterocycles. The second-order valence-corrected chi connectivity index (χ2v) is 3.19. The number of phenols is 1. The molecule has 0 saturated heterocycles. The number of benzene rings is 1. The van der Waals surface area contributed by atoms with E-state index in [1.165, 1.54) is 13.2 Å². The molecule has 0 spiro atoms. The molecule has 0 aromatic heterocycles. The van der Waals surface area contributed by atoms with E-state index in [1.54, 1.807) is 6.92 Å². The van der Waals surface area contributed by atoms with Crippen molar-refractivity contribution in [2.75, 3.05) is 7.11 Å². The zero-order chi connectivity index (χ0) is 11.6. The monoisotopic (exact) mass is 249 g/mol. The molecule has 1 aromatic rings. The van der Waals surface area contributed by atoms with Gasteiger partial charge in [0.05, 0.1) is 7.11 Å². The van der Waals surface area contributed by atoms with Gasteiger partial charge in [0.2, 0.25) is 0 Å². The predicted molar refractivity (Wildman–Crippen MR) is 59.0 cm³/mol. The van der Waals surface area contributed by atoms with Crippen LogP contribution >= 0.6 is 12.4 Å². The SMILES string of the molecule is COC(=O)[C@H](N)c1cc(C)cc(F)c1O.Cl. The molecular weight excluding hydrogens is 237 g/mol. The average molecular weight is 250 g/mol. The summed E-state index contributed by atoms with van der Waals surface area (Å²) in [5.41, 5.74) is 6.08. The first-order valence-electron chi connectivity index (χ1n) is 4.29. The predicted octanol–water partition coefficient (Wildman–Crippen LogP) is 1.43. The number of halogens is 2. The number of phenolic OH excluding ortho intramolecular Hbond substituents is 1. The minimum Gasteiger partial charge on any atom is -0.505 e. The topological polar surface area (TPSA) is 72.5 Å². The van der Waals surface area contributed by atoms with Gasteiger partial charge in [-0.1, -0.05) is 6.07 Å². The van der Waals surface area contributed by atoms with Crippen LogP contribution in [0.2, 0.25) is 0 Å². The van der Waals surface area contributed by atoms with Gasteiger partial charge in [0.15, 0.2) is 11.6 Å². The minimum atomic E-state index is -1.18. The molecule has 1 rings (SSSR count). The molecule has 3 N–H and O–H groups in total. The lowest BCUT2D eigenvalue weighted by molar-refractivity contribution is -0.142. The van der Waals surface area contributed by atoms with Gasteiger partial charge in [0.1, 0.15) is 6.04 Å². The van der Waals surface area contributed by atoms with Crippen molar-refractivity contribution in [3.63, 3.8) is 0 Å². The quantitative estimate of drug-likeness (QED) is 0.778.